The van der Waals surface area contributed by atoms with E-state index in [1.54, 1.807) is 32.1 Å². The largest absolute Gasteiger partial charge is 0.497 e. The Hall–Kier alpha value is -2.15. The Morgan fingerprint density at radius 1 is 1.21 bits per heavy atom. The summed E-state index contributed by atoms with van der Waals surface area (Å²) < 4.78 is 10.5. The fourth-order valence-corrected chi connectivity index (χ4v) is 3.66. The number of aliphatic carboxylic acids is 1. The summed E-state index contributed by atoms with van der Waals surface area (Å²) in [5.41, 5.74) is 2.44. The maximum atomic E-state index is 12.5. The normalized spacial score (nSPS) is 17.4. The third-order valence-corrected chi connectivity index (χ3v) is 5.29. The minimum absolute atomic E-state index is 0.0551. The Morgan fingerprint density at radius 2 is 1.79 bits per heavy atom. The molecule has 1 amide bonds. The third kappa shape index (κ3) is 3.84. The van der Waals surface area contributed by atoms with Crippen LogP contribution < -0.4 is 9.47 Å². The van der Waals surface area contributed by atoms with Crippen LogP contribution in [0.2, 0.25) is 0 Å². The van der Waals surface area contributed by atoms with E-state index in [2.05, 4.69) is 0 Å². The van der Waals surface area contributed by atoms with E-state index in [4.69, 9.17) is 14.6 Å². The second-order valence-corrected chi connectivity index (χ2v) is 6.59. The lowest BCUT2D eigenvalue weighted by Crippen LogP contribution is -2.33. The summed E-state index contributed by atoms with van der Waals surface area (Å²) in [5.74, 6) is 0.268. The van der Waals surface area contributed by atoms with Crippen molar-refractivity contribution in [2.45, 2.75) is 25.8 Å². The number of carbonyl (C=O) groups is 2. The van der Waals surface area contributed by atoms with Gasteiger partial charge in [0.25, 0.3) is 5.91 Å². The number of nitrogens with zero attached hydrogens (tertiary/aromatic N) is 1. The molecule has 1 aliphatic heterocycles. The Labute approximate surface area is 145 Å². The van der Waals surface area contributed by atoms with Crippen molar-refractivity contribution in [1.82, 2.24) is 4.90 Å². The molecule has 0 aliphatic carbocycles. The van der Waals surface area contributed by atoms with Crippen molar-refractivity contribution < 1.29 is 24.2 Å². The molecule has 0 saturated carbocycles. The molecule has 6 nitrogen and oxygen atoms in total. The minimum atomic E-state index is -0.896. The van der Waals surface area contributed by atoms with Gasteiger partial charge < -0.3 is 19.5 Å². The molecule has 1 aliphatic rings. The van der Waals surface area contributed by atoms with Gasteiger partial charge in [0.15, 0.2) is 0 Å². The first-order valence-corrected chi connectivity index (χ1v) is 8.46. The van der Waals surface area contributed by atoms with Gasteiger partial charge in [-0.3, -0.25) is 9.59 Å². The fraction of sp³-hybridized carbons (Fsp3) is 0.412. The third-order valence-electron chi connectivity index (χ3n) is 3.96. The van der Waals surface area contributed by atoms with Gasteiger partial charge in [-0.2, -0.15) is 0 Å². The van der Waals surface area contributed by atoms with E-state index < -0.39 is 5.97 Å². The van der Waals surface area contributed by atoms with Crippen LogP contribution in [0.4, 0.5) is 0 Å². The lowest BCUT2D eigenvalue weighted by atomic mass is 10.2. The van der Waals surface area contributed by atoms with Crippen LogP contribution in [0.1, 0.15) is 19.4 Å². The van der Waals surface area contributed by atoms with Crippen LogP contribution in [0.25, 0.3) is 0 Å². The molecule has 0 fully saturated rings. The molecule has 1 N–H and O–H groups in total. The Bertz CT molecular complexity index is 663. The molecule has 0 saturated heterocycles. The summed E-state index contributed by atoms with van der Waals surface area (Å²) in [6.07, 6.45) is 0. The van der Waals surface area contributed by atoms with E-state index in [9.17, 15) is 9.59 Å². The maximum Gasteiger partial charge on any atom is 0.313 e. The van der Waals surface area contributed by atoms with Gasteiger partial charge in [-0.15, -0.1) is 11.8 Å². The fourth-order valence-electron chi connectivity index (χ4n) is 2.58. The molecule has 7 heteroatoms. The number of carboxylic acids is 1. The number of amides is 1. The predicted molar refractivity (Wildman–Crippen MR) is 92.4 cm³/mol. The highest BCUT2D eigenvalue weighted by Crippen LogP contribution is 2.35. The molecule has 0 bridgehead atoms. The molecule has 1 heterocycles. The molecule has 2 rings (SSSR count). The van der Waals surface area contributed by atoms with Crippen molar-refractivity contribution in [2.75, 3.05) is 20.0 Å². The van der Waals surface area contributed by atoms with Crippen molar-refractivity contribution in [2.24, 2.45) is 0 Å². The molecular formula is C17H21NO5S. The summed E-state index contributed by atoms with van der Waals surface area (Å²) in [6, 6.07) is 5.45. The second kappa shape index (κ2) is 7.61. The van der Waals surface area contributed by atoms with Crippen LogP contribution in [0.3, 0.4) is 0 Å². The number of carboxylic acid groups (broad SMARTS) is 1. The van der Waals surface area contributed by atoms with Crippen molar-refractivity contribution in [3.8, 4) is 11.5 Å². The van der Waals surface area contributed by atoms with Gasteiger partial charge in [0.05, 0.1) is 20.0 Å². The number of hydrogen-bond donors (Lipinski definition) is 1. The van der Waals surface area contributed by atoms with Gasteiger partial charge in [-0.25, -0.2) is 0 Å². The SMILES string of the molecule is COc1cc(CN2C(=O)C(C)=C(C)C2SCC(=O)O)cc(OC)c1. The van der Waals surface area contributed by atoms with E-state index in [1.807, 2.05) is 19.1 Å². The quantitative estimate of drug-likeness (QED) is 0.813. The summed E-state index contributed by atoms with van der Waals surface area (Å²) in [4.78, 5) is 25.1. The van der Waals surface area contributed by atoms with E-state index in [0.717, 1.165) is 11.1 Å². The monoisotopic (exact) mass is 351 g/mol. The molecule has 1 unspecified atom stereocenters. The predicted octanol–water partition coefficient (Wildman–Crippen LogP) is 2.53. The van der Waals surface area contributed by atoms with Crippen molar-refractivity contribution in [1.29, 1.82) is 0 Å². The Balaban J connectivity index is 2.26. The molecule has 1 aromatic carbocycles. The molecule has 1 aromatic rings. The molecule has 0 spiro atoms. The summed E-state index contributed by atoms with van der Waals surface area (Å²) in [6.45, 7) is 4.01. The van der Waals surface area contributed by atoms with E-state index in [-0.39, 0.29) is 17.0 Å². The molecular weight excluding hydrogens is 330 g/mol. The average Bonchev–Trinajstić information content (AvgIpc) is 2.76. The van der Waals surface area contributed by atoms with Crippen LogP contribution in [-0.2, 0) is 16.1 Å². The highest BCUT2D eigenvalue weighted by molar-refractivity contribution is 8.00. The lowest BCUT2D eigenvalue weighted by molar-refractivity contribution is -0.134. The first kappa shape index (κ1) is 18.2. The van der Waals surface area contributed by atoms with E-state index in [0.29, 0.717) is 23.6 Å². The number of thioether (sulfide) groups is 1. The highest BCUT2D eigenvalue weighted by atomic mass is 32.2. The number of methoxy groups -OCH3 is 2. The van der Waals surface area contributed by atoms with Crippen LogP contribution in [0.15, 0.2) is 29.3 Å². The van der Waals surface area contributed by atoms with Gasteiger partial charge in [-0.1, -0.05) is 0 Å². The van der Waals surface area contributed by atoms with Crippen LogP contribution in [0, 0.1) is 0 Å². The topological polar surface area (TPSA) is 76.1 Å². The van der Waals surface area contributed by atoms with Gasteiger partial charge in [-0.05, 0) is 37.1 Å². The number of rotatable bonds is 7. The standard InChI is InChI=1S/C17H21NO5S/c1-10-11(2)17(24-9-15(19)20)18(16(10)21)8-12-5-13(22-3)7-14(6-12)23-4/h5-7,17H,8-9H2,1-4H3,(H,19,20). The van der Waals surface area contributed by atoms with Gasteiger partial charge in [0.2, 0.25) is 0 Å². The summed E-state index contributed by atoms with van der Waals surface area (Å²) in [5, 5.41) is 8.66. The summed E-state index contributed by atoms with van der Waals surface area (Å²) >= 11 is 1.24. The molecule has 0 aromatic heterocycles. The van der Waals surface area contributed by atoms with Crippen LogP contribution in [-0.4, -0.2) is 47.2 Å². The van der Waals surface area contributed by atoms with Gasteiger partial charge in [0.1, 0.15) is 16.9 Å². The number of ether oxygens (including phenoxy) is 2. The van der Waals surface area contributed by atoms with Gasteiger partial charge >= 0.3 is 5.97 Å². The average molecular weight is 351 g/mol. The highest BCUT2D eigenvalue weighted by Gasteiger charge is 2.35. The van der Waals surface area contributed by atoms with Crippen molar-refractivity contribution >= 4 is 23.6 Å². The molecule has 130 valence electrons. The minimum Gasteiger partial charge on any atom is -0.497 e. The number of benzene rings is 1. The Kier molecular flexibility index (Phi) is 5.77. The number of carbonyl (C=O) groups excluding carboxylic acids is 1. The smallest absolute Gasteiger partial charge is 0.313 e. The maximum absolute atomic E-state index is 12.5. The summed E-state index contributed by atoms with van der Waals surface area (Å²) in [7, 11) is 3.14. The second-order valence-electron chi connectivity index (χ2n) is 5.52. The first-order chi connectivity index (χ1) is 11.4. The van der Waals surface area contributed by atoms with Crippen LogP contribution in [0.5, 0.6) is 11.5 Å². The molecule has 24 heavy (non-hydrogen) atoms. The van der Waals surface area contributed by atoms with E-state index >= 15 is 0 Å². The van der Waals surface area contributed by atoms with Crippen LogP contribution >= 0.6 is 11.8 Å². The zero-order chi connectivity index (χ0) is 17.9. The number of hydrogen-bond acceptors (Lipinski definition) is 5. The van der Waals surface area contributed by atoms with Crippen molar-refractivity contribution in [3.63, 3.8) is 0 Å². The zero-order valence-electron chi connectivity index (χ0n) is 14.2. The van der Waals surface area contributed by atoms with E-state index in [1.165, 1.54) is 11.8 Å². The Morgan fingerprint density at radius 3 is 2.29 bits per heavy atom. The molecule has 1 atom stereocenters. The molecule has 0 radical (unpaired) electrons. The first-order valence-electron chi connectivity index (χ1n) is 7.41. The lowest BCUT2D eigenvalue weighted by Gasteiger charge is -2.26. The van der Waals surface area contributed by atoms with Gasteiger partial charge in [0, 0.05) is 18.2 Å². The van der Waals surface area contributed by atoms with Crippen molar-refractivity contribution in [3.05, 3.63) is 34.9 Å². The zero-order valence-corrected chi connectivity index (χ0v) is 15.0.